The number of Topliss-reactive ketones (excluding diaryl/α,β-unsaturated/α-hetero) is 1. The van der Waals surface area contributed by atoms with Crippen molar-refractivity contribution in [2.75, 3.05) is 7.05 Å². The van der Waals surface area contributed by atoms with E-state index >= 15 is 0 Å². The molecule has 0 radical (unpaired) electrons. The largest absolute Gasteiger partial charge is 0.341 e. The first-order valence-electron chi connectivity index (χ1n) is 4.64. The van der Waals surface area contributed by atoms with E-state index in [2.05, 4.69) is 10.6 Å². The third-order valence-electron chi connectivity index (χ3n) is 2.58. The summed E-state index contributed by atoms with van der Waals surface area (Å²) in [5, 5.41) is 5.28. The molecule has 2 atom stereocenters. The van der Waals surface area contributed by atoms with Gasteiger partial charge in [0.2, 0.25) is 0 Å². The van der Waals surface area contributed by atoms with E-state index in [0.29, 0.717) is 0 Å². The Balaban J connectivity index is 2.48. The van der Waals surface area contributed by atoms with E-state index in [1.165, 1.54) is 0 Å². The molecule has 1 rings (SSSR count). The second-order valence-corrected chi connectivity index (χ2v) is 3.48. The van der Waals surface area contributed by atoms with Crippen molar-refractivity contribution in [3.8, 4) is 0 Å². The van der Waals surface area contributed by atoms with Crippen molar-refractivity contribution in [1.82, 2.24) is 10.6 Å². The highest BCUT2D eigenvalue weighted by Crippen LogP contribution is 2.26. The molecule has 2 unspecified atom stereocenters. The summed E-state index contributed by atoms with van der Waals surface area (Å²) < 4.78 is 0. The Labute approximate surface area is 78.1 Å². The van der Waals surface area contributed by atoms with Crippen LogP contribution in [0.15, 0.2) is 0 Å². The first kappa shape index (κ1) is 10.0. The number of nitrogens with one attached hydrogen (secondary N) is 2. The van der Waals surface area contributed by atoms with Crippen LogP contribution in [0.25, 0.3) is 0 Å². The summed E-state index contributed by atoms with van der Waals surface area (Å²) in [5.74, 6) is 0.205. The molecule has 74 valence electrons. The fourth-order valence-corrected chi connectivity index (χ4v) is 1.86. The quantitative estimate of drug-likeness (QED) is 0.662. The van der Waals surface area contributed by atoms with E-state index in [9.17, 15) is 9.59 Å². The summed E-state index contributed by atoms with van der Waals surface area (Å²) >= 11 is 0. The van der Waals surface area contributed by atoms with Crippen LogP contribution in [-0.2, 0) is 4.79 Å². The molecule has 0 aromatic rings. The highest BCUT2D eigenvalue weighted by atomic mass is 16.2. The van der Waals surface area contributed by atoms with Gasteiger partial charge in [-0.1, -0.05) is 6.42 Å². The Morgan fingerprint density at radius 3 is 2.54 bits per heavy atom. The molecule has 4 nitrogen and oxygen atoms in total. The van der Waals surface area contributed by atoms with Crippen molar-refractivity contribution in [1.29, 1.82) is 0 Å². The minimum atomic E-state index is -0.196. The lowest BCUT2D eigenvalue weighted by atomic mass is 10.00. The van der Waals surface area contributed by atoms with Gasteiger partial charge in [0, 0.05) is 19.0 Å². The summed E-state index contributed by atoms with van der Waals surface area (Å²) in [6.45, 7) is 1.59. The Morgan fingerprint density at radius 2 is 2.00 bits per heavy atom. The third-order valence-corrected chi connectivity index (χ3v) is 2.58. The molecular formula is C9H16N2O2. The van der Waals surface area contributed by atoms with E-state index in [1.807, 2.05) is 0 Å². The summed E-state index contributed by atoms with van der Waals surface area (Å²) in [6, 6.07) is -0.157. The maximum absolute atomic E-state index is 11.2. The van der Waals surface area contributed by atoms with Crippen LogP contribution in [0.2, 0.25) is 0 Å². The van der Waals surface area contributed by atoms with Gasteiger partial charge in [-0.2, -0.15) is 0 Å². The zero-order valence-corrected chi connectivity index (χ0v) is 8.09. The van der Waals surface area contributed by atoms with Gasteiger partial charge in [-0.3, -0.25) is 4.79 Å². The standard InChI is InChI=1S/C9H16N2O2/c1-6(12)7-4-3-5-8(7)11-9(13)10-2/h7-8H,3-5H2,1-2H3,(H2,10,11,13). The van der Waals surface area contributed by atoms with Crippen molar-refractivity contribution in [2.24, 2.45) is 5.92 Å². The number of carbonyl (C=O) groups is 2. The second-order valence-electron chi connectivity index (χ2n) is 3.48. The average molecular weight is 184 g/mol. The second kappa shape index (κ2) is 4.25. The van der Waals surface area contributed by atoms with Crippen LogP contribution in [0, 0.1) is 5.92 Å². The first-order chi connectivity index (χ1) is 6.15. The smallest absolute Gasteiger partial charge is 0.314 e. The lowest BCUT2D eigenvalue weighted by Gasteiger charge is -2.17. The van der Waals surface area contributed by atoms with Gasteiger partial charge in [0.15, 0.2) is 0 Å². The van der Waals surface area contributed by atoms with E-state index in [0.717, 1.165) is 19.3 Å². The molecule has 4 heteroatoms. The predicted octanol–water partition coefficient (Wildman–Crippen LogP) is 0.673. The predicted molar refractivity (Wildman–Crippen MR) is 49.4 cm³/mol. The zero-order chi connectivity index (χ0) is 9.84. The van der Waals surface area contributed by atoms with E-state index < -0.39 is 0 Å². The average Bonchev–Trinajstić information content (AvgIpc) is 2.52. The van der Waals surface area contributed by atoms with Gasteiger partial charge in [0.25, 0.3) is 0 Å². The highest BCUT2D eigenvalue weighted by Gasteiger charge is 2.31. The zero-order valence-electron chi connectivity index (χ0n) is 8.09. The van der Waals surface area contributed by atoms with Gasteiger partial charge in [0.05, 0.1) is 0 Å². The summed E-state index contributed by atoms with van der Waals surface area (Å²) in [7, 11) is 1.58. The lowest BCUT2D eigenvalue weighted by molar-refractivity contribution is -0.121. The van der Waals surface area contributed by atoms with Crippen LogP contribution in [0.3, 0.4) is 0 Å². The summed E-state index contributed by atoms with van der Waals surface area (Å²) in [4.78, 5) is 22.2. The molecule has 1 aliphatic rings. The van der Waals surface area contributed by atoms with E-state index in [1.54, 1.807) is 14.0 Å². The van der Waals surface area contributed by atoms with Gasteiger partial charge >= 0.3 is 6.03 Å². The molecule has 0 heterocycles. The maximum Gasteiger partial charge on any atom is 0.314 e. The monoisotopic (exact) mass is 184 g/mol. The van der Waals surface area contributed by atoms with Crippen LogP contribution < -0.4 is 10.6 Å². The molecule has 2 amide bonds. The van der Waals surface area contributed by atoms with Crippen LogP contribution in [0.4, 0.5) is 4.79 Å². The molecule has 0 bridgehead atoms. The van der Waals surface area contributed by atoms with Crippen LogP contribution in [-0.4, -0.2) is 24.9 Å². The Morgan fingerprint density at radius 1 is 1.31 bits per heavy atom. The fourth-order valence-electron chi connectivity index (χ4n) is 1.86. The molecule has 13 heavy (non-hydrogen) atoms. The lowest BCUT2D eigenvalue weighted by Crippen LogP contribution is -2.43. The van der Waals surface area contributed by atoms with Gasteiger partial charge in [0.1, 0.15) is 5.78 Å². The number of ketones is 1. The third kappa shape index (κ3) is 2.44. The Kier molecular flexibility index (Phi) is 3.28. The van der Waals surface area contributed by atoms with Crippen molar-refractivity contribution in [2.45, 2.75) is 32.2 Å². The molecule has 2 N–H and O–H groups in total. The van der Waals surface area contributed by atoms with Gasteiger partial charge in [-0.05, 0) is 19.8 Å². The SMILES string of the molecule is CNC(=O)NC1CCCC1C(C)=O. The highest BCUT2D eigenvalue weighted by molar-refractivity contribution is 5.81. The Bertz CT molecular complexity index is 216. The van der Waals surface area contributed by atoms with E-state index in [4.69, 9.17) is 0 Å². The topological polar surface area (TPSA) is 58.2 Å². The minimum absolute atomic E-state index is 0.0253. The minimum Gasteiger partial charge on any atom is -0.341 e. The van der Waals surface area contributed by atoms with Crippen LogP contribution in [0.5, 0.6) is 0 Å². The molecule has 0 aromatic carbocycles. The maximum atomic E-state index is 11.2. The number of hydrogen-bond acceptors (Lipinski definition) is 2. The summed E-state index contributed by atoms with van der Waals surface area (Å²) in [5.41, 5.74) is 0. The molecule has 0 aliphatic heterocycles. The molecular weight excluding hydrogens is 168 g/mol. The molecule has 0 aromatic heterocycles. The molecule has 1 aliphatic carbocycles. The van der Waals surface area contributed by atoms with Gasteiger partial charge in [-0.15, -0.1) is 0 Å². The number of amides is 2. The summed E-state index contributed by atoms with van der Waals surface area (Å²) in [6.07, 6.45) is 2.85. The molecule has 1 fully saturated rings. The first-order valence-corrected chi connectivity index (χ1v) is 4.64. The fraction of sp³-hybridized carbons (Fsp3) is 0.778. The van der Waals surface area contributed by atoms with Gasteiger partial charge < -0.3 is 10.6 Å². The van der Waals surface area contributed by atoms with Crippen molar-refractivity contribution >= 4 is 11.8 Å². The van der Waals surface area contributed by atoms with Crippen molar-refractivity contribution < 1.29 is 9.59 Å². The number of urea groups is 1. The number of carbonyl (C=O) groups excluding carboxylic acids is 2. The van der Waals surface area contributed by atoms with Crippen LogP contribution in [0.1, 0.15) is 26.2 Å². The number of rotatable bonds is 2. The normalized spacial score (nSPS) is 26.9. The molecule has 0 saturated heterocycles. The van der Waals surface area contributed by atoms with Crippen molar-refractivity contribution in [3.63, 3.8) is 0 Å². The van der Waals surface area contributed by atoms with E-state index in [-0.39, 0.29) is 23.8 Å². The van der Waals surface area contributed by atoms with Crippen LogP contribution >= 0.6 is 0 Å². The number of hydrogen-bond donors (Lipinski definition) is 2. The van der Waals surface area contributed by atoms with Crippen molar-refractivity contribution in [3.05, 3.63) is 0 Å². The molecule has 1 saturated carbocycles. The molecule has 0 spiro atoms. The Hall–Kier alpha value is -1.06. The van der Waals surface area contributed by atoms with Gasteiger partial charge in [-0.25, -0.2) is 4.79 Å².